The summed E-state index contributed by atoms with van der Waals surface area (Å²) in [6.07, 6.45) is 4.58. The zero-order valence-corrected chi connectivity index (χ0v) is 15.6. The average Bonchev–Trinajstić information content (AvgIpc) is 2.96. The first-order valence-corrected chi connectivity index (χ1v) is 9.03. The predicted molar refractivity (Wildman–Crippen MR) is 99.4 cm³/mol. The van der Waals surface area contributed by atoms with Gasteiger partial charge in [-0.2, -0.15) is 0 Å². The van der Waals surface area contributed by atoms with Crippen molar-refractivity contribution in [3.63, 3.8) is 0 Å². The number of nitrogens with one attached hydrogen (secondary N) is 1. The molecule has 0 bridgehead atoms. The van der Waals surface area contributed by atoms with Crippen LogP contribution in [-0.4, -0.2) is 46.2 Å². The van der Waals surface area contributed by atoms with Crippen LogP contribution in [-0.2, 0) is 23.9 Å². The van der Waals surface area contributed by atoms with E-state index in [1.165, 1.54) is 31.2 Å². The molecule has 3 atom stereocenters. The summed E-state index contributed by atoms with van der Waals surface area (Å²) in [5, 5.41) is 13.3. The number of para-hydroxylation sites is 2. The van der Waals surface area contributed by atoms with Crippen LogP contribution in [0.3, 0.4) is 0 Å². The summed E-state index contributed by atoms with van der Waals surface area (Å²) in [6, 6.07) is 4.36. The Kier molecular flexibility index (Phi) is 5.71. The third-order valence-corrected chi connectivity index (χ3v) is 4.99. The number of rotatable bonds is 6. The highest BCUT2D eigenvalue weighted by molar-refractivity contribution is 6.08. The molecular formula is C19H19N3O7. The number of likely N-dealkylation sites (tertiary alicyclic amines) is 1. The topological polar surface area (TPSA) is 136 Å². The monoisotopic (exact) mass is 401 g/mol. The highest BCUT2D eigenvalue weighted by Crippen LogP contribution is 2.36. The lowest BCUT2D eigenvalue weighted by Gasteiger charge is -2.21. The molecule has 3 amide bonds. The molecule has 0 saturated carbocycles. The zero-order chi connectivity index (χ0) is 21.1. The second kappa shape index (κ2) is 8.21. The number of carbonyl (C=O) groups excluding carboxylic acids is 4. The van der Waals surface area contributed by atoms with E-state index in [2.05, 4.69) is 5.32 Å². The molecule has 2 aliphatic rings. The fraction of sp³-hybridized carbons (Fsp3) is 0.368. The number of hydrogen-bond donors (Lipinski definition) is 1. The van der Waals surface area contributed by atoms with Crippen molar-refractivity contribution < 1.29 is 28.8 Å². The van der Waals surface area contributed by atoms with Crippen LogP contribution in [0, 0.1) is 22.0 Å². The van der Waals surface area contributed by atoms with Crippen molar-refractivity contribution >= 4 is 35.1 Å². The van der Waals surface area contributed by atoms with Crippen molar-refractivity contribution in [1.29, 1.82) is 0 Å². The maximum absolute atomic E-state index is 12.5. The summed E-state index contributed by atoms with van der Waals surface area (Å²) < 4.78 is 4.92. The van der Waals surface area contributed by atoms with Crippen molar-refractivity contribution in [1.82, 2.24) is 4.90 Å². The first-order valence-electron chi connectivity index (χ1n) is 9.03. The molecule has 1 aromatic rings. The van der Waals surface area contributed by atoms with Crippen molar-refractivity contribution in [2.24, 2.45) is 11.8 Å². The smallest absolute Gasteiger partial charge is 0.329 e. The van der Waals surface area contributed by atoms with Gasteiger partial charge in [-0.05, 0) is 25.8 Å². The van der Waals surface area contributed by atoms with Crippen LogP contribution < -0.4 is 5.32 Å². The first kappa shape index (κ1) is 20.2. The Morgan fingerprint density at radius 1 is 1.21 bits per heavy atom. The Balaban J connectivity index is 1.58. The molecule has 0 spiro atoms. The molecule has 1 aliphatic heterocycles. The molecule has 10 nitrogen and oxygen atoms in total. The lowest BCUT2D eigenvalue weighted by Crippen LogP contribution is -2.45. The zero-order valence-electron chi connectivity index (χ0n) is 15.6. The predicted octanol–water partition coefficient (Wildman–Crippen LogP) is 1.42. The number of imide groups is 1. The van der Waals surface area contributed by atoms with E-state index in [0.717, 1.165) is 4.90 Å². The molecule has 29 heavy (non-hydrogen) atoms. The number of allylic oxidation sites excluding steroid dienone is 2. The van der Waals surface area contributed by atoms with Crippen LogP contribution in [0.25, 0.3) is 0 Å². The van der Waals surface area contributed by atoms with Crippen LogP contribution in [0.15, 0.2) is 36.4 Å². The van der Waals surface area contributed by atoms with Gasteiger partial charge in [0.25, 0.3) is 11.6 Å². The fourth-order valence-corrected chi connectivity index (χ4v) is 3.50. The number of nitrogens with zero attached hydrogens (tertiary/aromatic N) is 2. The van der Waals surface area contributed by atoms with E-state index in [1.807, 2.05) is 12.2 Å². The number of fused-ring (bicyclic) bond motifs is 1. The van der Waals surface area contributed by atoms with Gasteiger partial charge in [-0.25, -0.2) is 4.79 Å². The standard InChI is InChI=1S/C19H19N3O7/c1-11(21-17(24)12-6-2-3-7-13(12)18(21)25)19(26)29-10-16(23)20-14-8-4-5-9-15(14)22(27)28/h2-5,8-9,11-13H,6-7,10H2,1H3,(H,20,23)/t11-,12-,13+/m0/s1. The molecule has 0 aromatic heterocycles. The second-order valence-corrected chi connectivity index (χ2v) is 6.81. The minimum absolute atomic E-state index is 0.0342. The summed E-state index contributed by atoms with van der Waals surface area (Å²) in [5.74, 6) is -3.46. The van der Waals surface area contributed by atoms with E-state index in [1.54, 1.807) is 0 Å². The van der Waals surface area contributed by atoms with Crippen LogP contribution in [0.4, 0.5) is 11.4 Å². The summed E-state index contributed by atoms with van der Waals surface area (Å²) >= 11 is 0. The van der Waals surface area contributed by atoms with Gasteiger partial charge in [-0.1, -0.05) is 24.3 Å². The van der Waals surface area contributed by atoms with Crippen LogP contribution in [0.2, 0.25) is 0 Å². The SMILES string of the molecule is C[C@@H](C(=O)OCC(=O)Nc1ccccc1[N+](=O)[O-])N1C(=O)[C@H]2CC=CC[C@H]2C1=O. The molecule has 1 N–H and O–H groups in total. The van der Waals surface area contributed by atoms with Gasteiger partial charge >= 0.3 is 5.97 Å². The maximum atomic E-state index is 12.5. The Hall–Kier alpha value is -3.56. The summed E-state index contributed by atoms with van der Waals surface area (Å²) in [4.78, 5) is 60.5. The van der Waals surface area contributed by atoms with E-state index in [9.17, 15) is 29.3 Å². The highest BCUT2D eigenvalue weighted by atomic mass is 16.6. The number of anilines is 1. The minimum Gasteiger partial charge on any atom is -0.454 e. The normalized spacial score (nSPS) is 21.5. The molecule has 10 heteroatoms. The van der Waals surface area contributed by atoms with Gasteiger partial charge in [0.15, 0.2) is 6.61 Å². The highest BCUT2D eigenvalue weighted by Gasteiger charge is 2.50. The quantitative estimate of drug-likeness (QED) is 0.250. The van der Waals surface area contributed by atoms with E-state index in [4.69, 9.17) is 4.74 Å². The molecule has 0 radical (unpaired) electrons. The van der Waals surface area contributed by atoms with E-state index in [0.29, 0.717) is 12.8 Å². The minimum atomic E-state index is -1.17. The first-order chi connectivity index (χ1) is 13.8. The van der Waals surface area contributed by atoms with Gasteiger partial charge in [0, 0.05) is 6.07 Å². The molecule has 1 aromatic carbocycles. The van der Waals surface area contributed by atoms with Gasteiger partial charge in [-0.3, -0.25) is 29.4 Å². The molecule has 152 valence electrons. The van der Waals surface area contributed by atoms with E-state index in [-0.39, 0.29) is 11.4 Å². The molecule has 1 aliphatic carbocycles. The largest absolute Gasteiger partial charge is 0.454 e. The van der Waals surface area contributed by atoms with Crippen LogP contribution >= 0.6 is 0 Å². The summed E-state index contributed by atoms with van der Waals surface area (Å²) in [7, 11) is 0. The van der Waals surface area contributed by atoms with Crippen LogP contribution in [0.1, 0.15) is 19.8 Å². The number of benzene rings is 1. The van der Waals surface area contributed by atoms with Gasteiger partial charge in [0.1, 0.15) is 11.7 Å². The molecule has 1 saturated heterocycles. The Morgan fingerprint density at radius 3 is 2.38 bits per heavy atom. The lowest BCUT2D eigenvalue weighted by molar-refractivity contribution is -0.383. The van der Waals surface area contributed by atoms with Gasteiger partial charge in [0.05, 0.1) is 16.8 Å². The second-order valence-electron chi connectivity index (χ2n) is 6.81. The lowest BCUT2D eigenvalue weighted by atomic mass is 9.85. The van der Waals surface area contributed by atoms with Gasteiger partial charge < -0.3 is 10.1 Å². The maximum Gasteiger partial charge on any atom is 0.329 e. The van der Waals surface area contributed by atoms with Gasteiger partial charge in [-0.15, -0.1) is 0 Å². The van der Waals surface area contributed by atoms with Crippen molar-refractivity contribution in [3.8, 4) is 0 Å². The number of amides is 3. The van der Waals surface area contributed by atoms with Gasteiger partial charge in [0.2, 0.25) is 11.8 Å². The summed E-state index contributed by atoms with van der Waals surface area (Å²) in [6.45, 7) is 0.655. The molecule has 0 unspecified atom stereocenters. The van der Waals surface area contributed by atoms with E-state index < -0.39 is 53.1 Å². The third kappa shape index (κ3) is 4.00. The van der Waals surface area contributed by atoms with Crippen molar-refractivity contribution in [2.75, 3.05) is 11.9 Å². The number of esters is 1. The molecule has 1 heterocycles. The Morgan fingerprint density at radius 2 is 1.79 bits per heavy atom. The summed E-state index contributed by atoms with van der Waals surface area (Å²) in [5.41, 5.74) is -0.335. The van der Waals surface area contributed by atoms with E-state index >= 15 is 0 Å². The molecule has 1 fully saturated rings. The number of nitro benzene ring substituents is 1. The number of ether oxygens (including phenoxy) is 1. The molecular weight excluding hydrogens is 382 g/mol. The van der Waals surface area contributed by atoms with Crippen molar-refractivity contribution in [3.05, 3.63) is 46.5 Å². The van der Waals surface area contributed by atoms with Crippen molar-refractivity contribution in [2.45, 2.75) is 25.8 Å². The Bertz CT molecular complexity index is 885. The van der Waals surface area contributed by atoms with Crippen LogP contribution in [0.5, 0.6) is 0 Å². The number of nitro groups is 1. The number of carbonyl (C=O) groups is 4. The fourth-order valence-electron chi connectivity index (χ4n) is 3.50. The molecule has 3 rings (SSSR count). The Labute approximate surface area is 165 Å². The number of hydrogen-bond acceptors (Lipinski definition) is 7. The third-order valence-electron chi connectivity index (χ3n) is 4.99. The average molecular weight is 401 g/mol.